The van der Waals surface area contributed by atoms with Crippen molar-refractivity contribution in [2.24, 2.45) is 22.7 Å². The fraction of sp³-hybridized carbons (Fsp3) is 1.00. The van der Waals surface area contributed by atoms with E-state index in [4.69, 9.17) is 0 Å². The fourth-order valence-electron chi connectivity index (χ4n) is 4.78. The molecule has 0 unspecified atom stereocenters. The summed E-state index contributed by atoms with van der Waals surface area (Å²) in [7, 11) is 0. The van der Waals surface area contributed by atoms with Crippen molar-refractivity contribution in [1.82, 2.24) is 9.80 Å². The number of rotatable bonds is 8. The number of hydrogen-bond acceptors (Lipinski definition) is 2. The van der Waals surface area contributed by atoms with E-state index in [1.165, 1.54) is 39.0 Å². The van der Waals surface area contributed by atoms with Crippen molar-refractivity contribution in [2.45, 2.75) is 135 Å². The normalized spacial score (nSPS) is 17.4. The zero-order valence-corrected chi connectivity index (χ0v) is 24.3. The van der Waals surface area contributed by atoms with Gasteiger partial charge >= 0.3 is 0 Å². The maximum atomic E-state index is 2.75. The Morgan fingerprint density at radius 3 is 0.867 bits per heavy atom. The summed E-state index contributed by atoms with van der Waals surface area (Å²) in [6.45, 7) is 41.9. The van der Waals surface area contributed by atoms with Crippen LogP contribution in [0.15, 0.2) is 0 Å². The summed E-state index contributed by atoms with van der Waals surface area (Å²) in [5, 5.41) is 0. The van der Waals surface area contributed by atoms with Crippen LogP contribution in [0.1, 0.15) is 124 Å². The Morgan fingerprint density at radius 2 is 0.700 bits per heavy atom. The van der Waals surface area contributed by atoms with E-state index in [1.807, 2.05) is 27.7 Å². The van der Waals surface area contributed by atoms with Crippen molar-refractivity contribution in [1.29, 1.82) is 0 Å². The second-order valence-corrected chi connectivity index (χ2v) is 12.2. The lowest BCUT2D eigenvalue weighted by Gasteiger charge is -2.52. The van der Waals surface area contributed by atoms with Crippen molar-refractivity contribution in [3.63, 3.8) is 0 Å². The molecule has 0 aromatic carbocycles. The molecule has 30 heavy (non-hydrogen) atoms. The van der Waals surface area contributed by atoms with E-state index in [0.29, 0.717) is 10.8 Å². The van der Waals surface area contributed by atoms with Gasteiger partial charge in [-0.05, 0) is 63.2 Å². The van der Waals surface area contributed by atoms with Gasteiger partial charge in [-0.15, -0.1) is 0 Å². The summed E-state index contributed by atoms with van der Waals surface area (Å²) in [6.07, 6.45) is 2.53. The quantitative estimate of drug-likeness (QED) is 0.384. The van der Waals surface area contributed by atoms with Gasteiger partial charge in [0.25, 0.3) is 0 Å². The van der Waals surface area contributed by atoms with Gasteiger partial charge in [0.15, 0.2) is 0 Å². The fourth-order valence-corrected chi connectivity index (χ4v) is 4.78. The first-order valence-corrected chi connectivity index (χ1v) is 13.0. The Kier molecular flexibility index (Phi) is 13.7. The number of nitrogens with zero attached hydrogens (tertiary/aromatic N) is 2. The monoisotopic (exact) mass is 426 g/mol. The Morgan fingerprint density at radius 1 is 0.500 bits per heavy atom. The number of piperazine rings is 1. The second-order valence-electron chi connectivity index (χ2n) is 12.2. The van der Waals surface area contributed by atoms with Crippen LogP contribution in [0.3, 0.4) is 0 Å². The Bertz CT molecular complexity index is 394. The lowest BCUT2D eigenvalue weighted by Crippen LogP contribution is -2.60. The highest BCUT2D eigenvalue weighted by atomic mass is 15.3. The molecular weight excluding hydrogens is 364 g/mol. The zero-order chi connectivity index (χ0) is 24.6. The van der Waals surface area contributed by atoms with Crippen LogP contribution in [0.4, 0.5) is 0 Å². The van der Waals surface area contributed by atoms with E-state index < -0.39 is 0 Å². The molecule has 0 aliphatic carbocycles. The van der Waals surface area contributed by atoms with E-state index in [-0.39, 0.29) is 11.1 Å². The molecule has 1 rings (SSSR count). The molecule has 1 aliphatic rings. The molecule has 0 radical (unpaired) electrons. The van der Waals surface area contributed by atoms with E-state index >= 15 is 0 Å². The molecule has 0 bridgehead atoms. The Hall–Kier alpha value is -0.0800. The molecule has 0 N–H and O–H groups in total. The molecular formula is C28H62N2. The third-order valence-corrected chi connectivity index (χ3v) is 7.89. The third kappa shape index (κ3) is 9.60. The van der Waals surface area contributed by atoms with Crippen molar-refractivity contribution in [2.75, 3.05) is 26.2 Å². The van der Waals surface area contributed by atoms with Gasteiger partial charge in [-0.3, -0.25) is 9.80 Å². The molecule has 184 valence electrons. The molecule has 1 heterocycles. The van der Waals surface area contributed by atoms with E-state index in [2.05, 4.69) is 92.9 Å². The molecule has 0 aromatic rings. The lowest BCUT2D eigenvalue weighted by atomic mass is 9.71. The van der Waals surface area contributed by atoms with Gasteiger partial charge in [0, 0.05) is 37.3 Å². The maximum Gasteiger partial charge on any atom is 0.0159 e. The van der Waals surface area contributed by atoms with Crippen molar-refractivity contribution in [3.8, 4) is 0 Å². The summed E-state index contributed by atoms with van der Waals surface area (Å²) in [4.78, 5) is 5.49. The topological polar surface area (TPSA) is 6.48 Å². The van der Waals surface area contributed by atoms with Crippen LogP contribution in [0.2, 0.25) is 0 Å². The van der Waals surface area contributed by atoms with Crippen LogP contribution in [-0.4, -0.2) is 47.1 Å². The molecule has 2 heteroatoms. The minimum atomic E-state index is 0.279. The van der Waals surface area contributed by atoms with E-state index in [0.717, 1.165) is 11.8 Å². The predicted octanol–water partition coefficient (Wildman–Crippen LogP) is 8.36. The summed E-state index contributed by atoms with van der Waals surface area (Å²) in [6, 6.07) is 0. The molecule has 0 aromatic heterocycles. The summed E-state index contributed by atoms with van der Waals surface area (Å²) in [5.41, 5.74) is 1.34. The molecule has 1 saturated heterocycles. The molecule has 0 spiro atoms. The molecule has 1 aliphatic heterocycles. The molecule has 0 amide bonds. The average Bonchev–Trinajstić information content (AvgIpc) is 2.63. The highest BCUT2D eigenvalue weighted by Crippen LogP contribution is 2.40. The van der Waals surface area contributed by atoms with Crippen molar-refractivity contribution < 1.29 is 0 Å². The third-order valence-electron chi connectivity index (χ3n) is 7.89. The van der Waals surface area contributed by atoms with Crippen molar-refractivity contribution >= 4 is 0 Å². The largest absolute Gasteiger partial charge is 0.296 e. The molecule has 1 fully saturated rings. The summed E-state index contributed by atoms with van der Waals surface area (Å²) < 4.78 is 0. The van der Waals surface area contributed by atoms with Gasteiger partial charge in [0.2, 0.25) is 0 Å². The van der Waals surface area contributed by atoms with E-state index in [1.54, 1.807) is 0 Å². The summed E-state index contributed by atoms with van der Waals surface area (Å²) >= 11 is 0. The Labute approximate surface area is 193 Å². The molecule has 0 saturated carbocycles. The SMILES string of the molecule is CC.CC.CC(C)C(C)(C)CC(C)(C)N1CCN(C(C)(C)CC(C)(C)C(C)C)CC1. The summed E-state index contributed by atoms with van der Waals surface area (Å²) in [5.74, 6) is 1.44. The highest BCUT2D eigenvalue weighted by molar-refractivity contribution is 4.95. The van der Waals surface area contributed by atoms with Gasteiger partial charge in [-0.2, -0.15) is 0 Å². The first-order chi connectivity index (χ1) is 13.5. The second kappa shape index (κ2) is 12.8. The first-order valence-electron chi connectivity index (χ1n) is 13.0. The standard InChI is InChI=1S/C24H50N2.2C2H6/c1-19(2)21(5,6)17-23(9,10)25-13-15-26(16-14-25)24(11,12)18-22(7,8)20(3)4;2*1-2/h19-20H,13-18H2,1-12H3;2*1-2H3. The first kappa shape index (κ1) is 32.1. The van der Waals surface area contributed by atoms with Gasteiger partial charge in [0.05, 0.1) is 0 Å². The predicted molar refractivity (Wildman–Crippen MR) is 140 cm³/mol. The minimum absolute atomic E-state index is 0.279. The zero-order valence-electron chi connectivity index (χ0n) is 24.3. The minimum Gasteiger partial charge on any atom is -0.296 e. The van der Waals surface area contributed by atoms with Crippen LogP contribution in [-0.2, 0) is 0 Å². The molecule has 2 nitrogen and oxygen atoms in total. The van der Waals surface area contributed by atoms with Gasteiger partial charge in [0.1, 0.15) is 0 Å². The molecule has 0 atom stereocenters. The van der Waals surface area contributed by atoms with Crippen LogP contribution < -0.4 is 0 Å². The van der Waals surface area contributed by atoms with Gasteiger partial charge < -0.3 is 0 Å². The highest BCUT2D eigenvalue weighted by Gasteiger charge is 2.40. The van der Waals surface area contributed by atoms with Crippen LogP contribution in [0, 0.1) is 22.7 Å². The van der Waals surface area contributed by atoms with Gasteiger partial charge in [-0.1, -0.05) is 83.1 Å². The van der Waals surface area contributed by atoms with Crippen LogP contribution >= 0.6 is 0 Å². The number of hydrogen-bond donors (Lipinski definition) is 0. The van der Waals surface area contributed by atoms with E-state index in [9.17, 15) is 0 Å². The van der Waals surface area contributed by atoms with Crippen LogP contribution in [0.5, 0.6) is 0 Å². The lowest BCUT2D eigenvalue weighted by molar-refractivity contribution is -0.0268. The van der Waals surface area contributed by atoms with Gasteiger partial charge in [-0.25, -0.2) is 0 Å². The smallest absolute Gasteiger partial charge is 0.0159 e. The Balaban J connectivity index is 0. The average molecular weight is 427 g/mol. The maximum absolute atomic E-state index is 2.75. The van der Waals surface area contributed by atoms with Crippen LogP contribution in [0.25, 0.3) is 0 Å². The van der Waals surface area contributed by atoms with Crippen molar-refractivity contribution in [3.05, 3.63) is 0 Å².